The zero-order valence-electron chi connectivity index (χ0n) is 12.6. The Labute approximate surface area is 118 Å². The molecule has 1 N–H and O–H groups in total. The fraction of sp³-hybridized carbons (Fsp3) is 0.938. The van der Waals surface area contributed by atoms with Crippen molar-refractivity contribution in [2.24, 2.45) is 11.8 Å². The second-order valence-electron chi connectivity index (χ2n) is 6.59. The summed E-state index contributed by atoms with van der Waals surface area (Å²) in [5, 5.41) is 12.8. The molecule has 3 nitrogen and oxygen atoms in total. The summed E-state index contributed by atoms with van der Waals surface area (Å²) >= 11 is 0. The van der Waals surface area contributed by atoms with Crippen molar-refractivity contribution in [2.75, 3.05) is 26.7 Å². The summed E-state index contributed by atoms with van der Waals surface area (Å²) in [6.45, 7) is 6.08. The average Bonchev–Trinajstić information content (AvgIpc) is 2.73. The van der Waals surface area contributed by atoms with Gasteiger partial charge in [0.25, 0.3) is 0 Å². The Morgan fingerprint density at radius 2 is 2.11 bits per heavy atom. The quantitative estimate of drug-likeness (QED) is 0.847. The highest BCUT2D eigenvalue weighted by atomic mass is 15.1. The van der Waals surface area contributed by atoms with Crippen LogP contribution in [0.2, 0.25) is 0 Å². The lowest BCUT2D eigenvalue weighted by molar-refractivity contribution is 0.231. The number of rotatable bonds is 4. The second-order valence-corrected chi connectivity index (χ2v) is 6.59. The highest BCUT2D eigenvalue weighted by molar-refractivity contribution is 5.13. The summed E-state index contributed by atoms with van der Waals surface area (Å²) in [6, 6.07) is 2.55. The Morgan fingerprint density at radius 1 is 1.26 bits per heavy atom. The number of hydrogen-bond acceptors (Lipinski definition) is 3. The average molecular weight is 263 g/mol. The van der Waals surface area contributed by atoms with Crippen molar-refractivity contribution in [3.63, 3.8) is 0 Å². The van der Waals surface area contributed by atoms with Crippen LogP contribution in [0.4, 0.5) is 0 Å². The maximum absolute atomic E-state index is 9.48. The minimum absolute atomic E-state index is 0.237. The SMILES string of the molecule is CNC1(C#N)CCCC1CCN1CCCC(C)CC1. The maximum atomic E-state index is 9.48. The molecular weight excluding hydrogens is 234 g/mol. The van der Waals surface area contributed by atoms with E-state index in [1.54, 1.807) is 0 Å². The third kappa shape index (κ3) is 3.49. The number of nitriles is 1. The first-order valence-corrected chi connectivity index (χ1v) is 8.02. The van der Waals surface area contributed by atoms with Gasteiger partial charge in [0.05, 0.1) is 6.07 Å². The molecule has 0 aromatic rings. The molecule has 0 radical (unpaired) electrons. The Hall–Kier alpha value is -0.590. The third-order valence-electron chi connectivity index (χ3n) is 5.37. The van der Waals surface area contributed by atoms with E-state index in [-0.39, 0.29) is 5.54 Å². The van der Waals surface area contributed by atoms with Crippen LogP contribution in [0.1, 0.15) is 51.9 Å². The zero-order valence-corrected chi connectivity index (χ0v) is 12.6. The minimum Gasteiger partial charge on any atom is -0.303 e. The summed E-state index contributed by atoms with van der Waals surface area (Å²) in [5.41, 5.74) is -0.237. The molecule has 0 aromatic heterocycles. The normalized spacial score (nSPS) is 36.9. The summed E-state index contributed by atoms with van der Waals surface area (Å²) in [4.78, 5) is 2.62. The summed E-state index contributed by atoms with van der Waals surface area (Å²) in [6.07, 6.45) is 8.72. The number of nitrogens with one attached hydrogen (secondary N) is 1. The van der Waals surface area contributed by atoms with E-state index in [1.807, 2.05) is 7.05 Å². The largest absolute Gasteiger partial charge is 0.303 e. The van der Waals surface area contributed by atoms with Gasteiger partial charge in [0.2, 0.25) is 0 Å². The van der Waals surface area contributed by atoms with E-state index >= 15 is 0 Å². The van der Waals surface area contributed by atoms with Gasteiger partial charge in [0.1, 0.15) is 5.54 Å². The predicted octanol–water partition coefficient (Wildman–Crippen LogP) is 2.78. The van der Waals surface area contributed by atoms with Crippen molar-refractivity contribution in [3.8, 4) is 6.07 Å². The van der Waals surface area contributed by atoms with E-state index in [0.717, 1.165) is 12.3 Å². The van der Waals surface area contributed by atoms with Crippen molar-refractivity contribution >= 4 is 0 Å². The second kappa shape index (κ2) is 6.72. The smallest absolute Gasteiger partial charge is 0.109 e. The van der Waals surface area contributed by atoms with Gasteiger partial charge in [-0.2, -0.15) is 5.26 Å². The minimum atomic E-state index is -0.237. The van der Waals surface area contributed by atoms with Crippen molar-refractivity contribution in [1.29, 1.82) is 5.26 Å². The van der Waals surface area contributed by atoms with Crippen molar-refractivity contribution in [3.05, 3.63) is 0 Å². The number of likely N-dealkylation sites (tertiary alicyclic amines) is 1. The summed E-state index contributed by atoms with van der Waals surface area (Å²) in [5.74, 6) is 1.44. The van der Waals surface area contributed by atoms with Gasteiger partial charge in [-0.15, -0.1) is 0 Å². The highest BCUT2D eigenvalue weighted by Crippen LogP contribution is 2.37. The van der Waals surface area contributed by atoms with Crippen LogP contribution >= 0.6 is 0 Å². The zero-order chi connectivity index (χ0) is 13.7. The Morgan fingerprint density at radius 3 is 2.84 bits per heavy atom. The third-order valence-corrected chi connectivity index (χ3v) is 5.37. The standard InChI is InChI=1S/C16H29N3/c1-14-5-4-10-19(11-7-14)12-8-15-6-3-9-16(15,13-17)18-2/h14-15,18H,3-12H2,1-2H3. The topological polar surface area (TPSA) is 39.1 Å². The Bertz CT molecular complexity index is 322. The molecule has 2 aliphatic rings. The van der Waals surface area contributed by atoms with Crippen molar-refractivity contribution in [1.82, 2.24) is 10.2 Å². The molecule has 3 atom stereocenters. The molecular formula is C16H29N3. The van der Waals surface area contributed by atoms with Gasteiger partial charge in [0.15, 0.2) is 0 Å². The van der Waals surface area contributed by atoms with Gasteiger partial charge in [-0.3, -0.25) is 0 Å². The molecule has 1 aliphatic carbocycles. The molecule has 1 heterocycles. The Kier molecular flexibility index (Phi) is 5.24. The van der Waals surface area contributed by atoms with Gasteiger partial charge >= 0.3 is 0 Å². The van der Waals surface area contributed by atoms with Crippen molar-refractivity contribution in [2.45, 2.75) is 57.4 Å². The lowest BCUT2D eigenvalue weighted by atomic mass is 9.86. The number of hydrogen-bond donors (Lipinski definition) is 1. The van der Waals surface area contributed by atoms with Crippen LogP contribution in [-0.2, 0) is 0 Å². The summed E-state index contributed by atoms with van der Waals surface area (Å²) < 4.78 is 0. The highest BCUT2D eigenvalue weighted by Gasteiger charge is 2.41. The monoisotopic (exact) mass is 263 g/mol. The van der Waals surface area contributed by atoms with E-state index in [9.17, 15) is 5.26 Å². The lowest BCUT2D eigenvalue weighted by Crippen LogP contribution is -2.45. The van der Waals surface area contributed by atoms with E-state index < -0.39 is 0 Å². The van der Waals surface area contributed by atoms with E-state index in [2.05, 4.69) is 23.2 Å². The van der Waals surface area contributed by atoms with Crippen LogP contribution in [0.15, 0.2) is 0 Å². The molecule has 1 aliphatic heterocycles. The van der Waals surface area contributed by atoms with Crippen LogP contribution in [0.5, 0.6) is 0 Å². The van der Waals surface area contributed by atoms with Crippen LogP contribution in [0.25, 0.3) is 0 Å². The van der Waals surface area contributed by atoms with Crippen LogP contribution in [-0.4, -0.2) is 37.1 Å². The predicted molar refractivity (Wildman–Crippen MR) is 78.8 cm³/mol. The van der Waals surface area contributed by atoms with Gasteiger partial charge in [-0.05, 0) is 77.0 Å². The molecule has 0 aromatic carbocycles. The summed E-state index contributed by atoms with van der Waals surface area (Å²) in [7, 11) is 1.95. The first-order chi connectivity index (χ1) is 9.20. The molecule has 0 amide bonds. The van der Waals surface area contributed by atoms with Crippen LogP contribution in [0, 0.1) is 23.2 Å². The van der Waals surface area contributed by atoms with Gasteiger partial charge < -0.3 is 10.2 Å². The molecule has 0 spiro atoms. The lowest BCUT2D eigenvalue weighted by Gasteiger charge is -2.30. The first-order valence-electron chi connectivity index (χ1n) is 8.02. The molecule has 1 saturated carbocycles. The van der Waals surface area contributed by atoms with Gasteiger partial charge in [-0.1, -0.05) is 13.3 Å². The van der Waals surface area contributed by atoms with E-state index in [1.165, 1.54) is 58.2 Å². The van der Waals surface area contributed by atoms with E-state index in [0.29, 0.717) is 5.92 Å². The first kappa shape index (κ1) is 14.8. The number of nitrogens with zero attached hydrogens (tertiary/aromatic N) is 2. The van der Waals surface area contributed by atoms with Gasteiger partial charge in [-0.25, -0.2) is 0 Å². The maximum Gasteiger partial charge on any atom is 0.109 e. The molecule has 0 bridgehead atoms. The van der Waals surface area contributed by atoms with Crippen LogP contribution in [0.3, 0.4) is 0 Å². The molecule has 3 unspecified atom stereocenters. The van der Waals surface area contributed by atoms with Gasteiger partial charge in [0, 0.05) is 0 Å². The fourth-order valence-corrected chi connectivity index (χ4v) is 3.89. The molecule has 2 rings (SSSR count). The molecule has 19 heavy (non-hydrogen) atoms. The fourth-order valence-electron chi connectivity index (χ4n) is 3.89. The molecule has 108 valence electrons. The van der Waals surface area contributed by atoms with E-state index in [4.69, 9.17) is 0 Å². The molecule has 3 heteroatoms. The molecule has 1 saturated heterocycles. The Balaban J connectivity index is 1.83. The molecule has 2 fully saturated rings. The van der Waals surface area contributed by atoms with Crippen LogP contribution < -0.4 is 5.32 Å². The van der Waals surface area contributed by atoms with Crippen molar-refractivity contribution < 1.29 is 0 Å².